The van der Waals surface area contributed by atoms with Crippen molar-refractivity contribution in [3.63, 3.8) is 0 Å². The fourth-order valence-corrected chi connectivity index (χ4v) is 3.12. The van der Waals surface area contributed by atoms with Crippen LogP contribution in [0, 0.1) is 19.8 Å². The molecule has 1 amide bonds. The number of nitrogens with one attached hydrogen (secondary N) is 1. The summed E-state index contributed by atoms with van der Waals surface area (Å²) in [7, 11) is 1.65. The summed E-state index contributed by atoms with van der Waals surface area (Å²) >= 11 is 0. The first-order valence-electron chi connectivity index (χ1n) is 8.38. The second-order valence-corrected chi connectivity index (χ2v) is 6.53. The summed E-state index contributed by atoms with van der Waals surface area (Å²) in [6, 6.07) is 9.81. The summed E-state index contributed by atoms with van der Waals surface area (Å²) < 4.78 is 7.28. The van der Waals surface area contributed by atoms with Crippen LogP contribution in [0.4, 0.5) is 0 Å². The topological polar surface area (TPSA) is 69.3 Å². The van der Waals surface area contributed by atoms with Crippen LogP contribution in [0.3, 0.4) is 0 Å². The lowest BCUT2D eigenvalue weighted by atomic mass is 10.2. The molecule has 0 bridgehead atoms. The monoisotopic (exact) mass is 363 g/mol. The molecule has 6 heteroatoms. The average molecular weight is 364 g/mol. The lowest BCUT2D eigenvalue weighted by Gasteiger charge is -2.12. The van der Waals surface area contributed by atoms with E-state index >= 15 is 0 Å². The Morgan fingerprint density at radius 2 is 1.96 bits per heavy atom. The zero-order valence-corrected chi connectivity index (χ0v) is 15.7. The van der Waals surface area contributed by atoms with Crippen molar-refractivity contribution in [2.24, 2.45) is 11.7 Å². The van der Waals surface area contributed by atoms with Gasteiger partial charge in [-0.25, -0.2) is 0 Å². The number of aromatic nitrogens is 1. The molecule has 1 saturated carbocycles. The molecule has 25 heavy (non-hydrogen) atoms. The van der Waals surface area contributed by atoms with E-state index in [2.05, 4.69) is 9.88 Å². The normalized spacial score (nSPS) is 14.6. The van der Waals surface area contributed by atoms with Gasteiger partial charge in [-0.05, 0) is 62.9 Å². The number of hydrogen-bond acceptors (Lipinski definition) is 3. The van der Waals surface area contributed by atoms with Gasteiger partial charge in [0.2, 0.25) is 0 Å². The highest BCUT2D eigenvalue weighted by atomic mass is 35.5. The zero-order valence-electron chi connectivity index (χ0n) is 14.9. The van der Waals surface area contributed by atoms with Gasteiger partial charge in [-0.3, -0.25) is 4.79 Å². The number of rotatable bonds is 6. The fourth-order valence-electron chi connectivity index (χ4n) is 3.12. The second-order valence-electron chi connectivity index (χ2n) is 6.53. The molecule has 3 rings (SSSR count). The summed E-state index contributed by atoms with van der Waals surface area (Å²) in [5.41, 5.74) is 9.73. The van der Waals surface area contributed by atoms with Crippen molar-refractivity contribution >= 4 is 18.3 Å². The predicted octanol–water partition coefficient (Wildman–Crippen LogP) is 2.99. The zero-order chi connectivity index (χ0) is 17.3. The van der Waals surface area contributed by atoms with E-state index in [1.54, 1.807) is 7.11 Å². The summed E-state index contributed by atoms with van der Waals surface area (Å²) in [5, 5.41) is 2.97. The van der Waals surface area contributed by atoms with Gasteiger partial charge in [0.15, 0.2) is 0 Å². The standard InChI is InChI=1S/C19H25N3O2.ClH/c1-12-10-17(19(23)21-11-18(20)14-4-5-14)13(2)22(12)15-6-8-16(24-3)9-7-15;/h6-10,14,18H,4-5,11,20H2,1-3H3,(H,21,23);1H. The molecule has 1 unspecified atom stereocenters. The molecule has 3 N–H and O–H groups in total. The van der Waals surface area contributed by atoms with Gasteiger partial charge in [0.1, 0.15) is 5.75 Å². The van der Waals surface area contributed by atoms with Crippen molar-refractivity contribution in [3.05, 3.63) is 47.3 Å². The fraction of sp³-hybridized carbons (Fsp3) is 0.421. The SMILES string of the molecule is COc1ccc(-n2c(C)cc(C(=O)NCC(N)C3CC3)c2C)cc1.Cl. The first kappa shape index (κ1) is 19.3. The number of amides is 1. The minimum Gasteiger partial charge on any atom is -0.497 e. The molecule has 1 aliphatic carbocycles. The lowest BCUT2D eigenvalue weighted by Crippen LogP contribution is -2.38. The number of hydrogen-bond donors (Lipinski definition) is 2. The first-order valence-corrected chi connectivity index (χ1v) is 8.38. The van der Waals surface area contributed by atoms with Crippen LogP contribution in [0.5, 0.6) is 5.75 Å². The molecule has 2 aromatic rings. The molecule has 0 aliphatic heterocycles. The van der Waals surface area contributed by atoms with Crippen LogP contribution in [0.15, 0.2) is 30.3 Å². The van der Waals surface area contributed by atoms with Gasteiger partial charge in [0.25, 0.3) is 5.91 Å². The number of aryl methyl sites for hydroxylation is 1. The van der Waals surface area contributed by atoms with Crippen molar-refractivity contribution in [1.82, 2.24) is 9.88 Å². The Morgan fingerprint density at radius 1 is 1.32 bits per heavy atom. The summed E-state index contributed by atoms with van der Waals surface area (Å²) in [6.07, 6.45) is 2.37. The lowest BCUT2D eigenvalue weighted by molar-refractivity contribution is 0.0949. The number of halogens is 1. The number of nitrogens with zero attached hydrogens (tertiary/aromatic N) is 1. The van der Waals surface area contributed by atoms with Gasteiger partial charge in [0, 0.05) is 29.7 Å². The molecule has 1 aliphatic rings. The molecule has 1 atom stereocenters. The van der Waals surface area contributed by atoms with Crippen LogP contribution >= 0.6 is 12.4 Å². The quantitative estimate of drug-likeness (QED) is 0.828. The van der Waals surface area contributed by atoms with Gasteiger partial charge in [0.05, 0.1) is 12.7 Å². The molecule has 1 aromatic carbocycles. The Bertz CT molecular complexity index is 736. The minimum atomic E-state index is -0.0565. The average Bonchev–Trinajstić information content (AvgIpc) is 3.39. The van der Waals surface area contributed by atoms with Gasteiger partial charge < -0.3 is 20.4 Å². The van der Waals surface area contributed by atoms with Gasteiger partial charge in [-0.1, -0.05) is 0 Å². The largest absolute Gasteiger partial charge is 0.497 e. The van der Waals surface area contributed by atoms with E-state index in [1.807, 2.05) is 44.2 Å². The van der Waals surface area contributed by atoms with E-state index in [-0.39, 0.29) is 24.4 Å². The number of methoxy groups -OCH3 is 1. The van der Waals surface area contributed by atoms with Crippen LogP contribution in [0.25, 0.3) is 5.69 Å². The third kappa shape index (κ3) is 4.17. The van der Waals surface area contributed by atoms with E-state index in [9.17, 15) is 4.79 Å². The number of nitrogens with two attached hydrogens (primary N) is 1. The van der Waals surface area contributed by atoms with Crippen LogP contribution in [0.2, 0.25) is 0 Å². The third-order valence-corrected chi connectivity index (χ3v) is 4.73. The van der Waals surface area contributed by atoms with Crippen molar-refractivity contribution < 1.29 is 9.53 Å². The maximum atomic E-state index is 12.5. The molecule has 1 aromatic heterocycles. The first-order chi connectivity index (χ1) is 11.5. The Kier molecular flexibility index (Phi) is 6.14. The van der Waals surface area contributed by atoms with Gasteiger partial charge in [-0.15, -0.1) is 12.4 Å². The van der Waals surface area contributed by atoms with Crippen LogP contribution in [0.1, 0.15) is 34.6 Å². The predicted molar refractivity (Wildman–Crippen MR) is 102 cm³/mol. The number of carbonyl (C=O) groups excluding carboxylic acids is 1. The molecule has 1 heterocycles. The highest BCUT2D eigenvalue weighted by Gasteiger charge is 2.28. The van der Waals surface area contributed by atoms with Crippen LogP contribution in [-0.2, 0) is 0 Å². The van der Waals surface area contributed by atoms with E-state index in [0.29, 0.717) is 18.0 Å². The van der Waals surface area contributed by atoms with Crippen molar-refractivity contribution in [2.45, 2.75) is 32.7 Å². The minimum absolute atomic E-state index is 0. The Balaban J connectivity index is 0.00000225. The highest BCUT2D eigenvalue weighted by Crippen LogP contribution is 2.31. The summed E-state index contributed by atoms with van der Waals surface area (Å²) in [5.74, 6) is 1.34. The van der Waals surface area contributed by atoms with Crippen molar-refractivity contribution in [3.8, 4) is 11.4 Å². The maximum absolute atomic E-state index is 12.5. The van der Waals surface area contributed by atoms with Crippen molar-refractivity contribution in [2.75, 3.05) is 13.7 Å². The number of benzene rings is 1. The van der Waals surface area contributed by atoms with Crippen LogP contribution in [-0.4, -0.2) is 30.2 Å². The van der Waals surface area contributed by atoms with Gasteiger partial charge >= 0.3 is 0 Å². The molecule has 5 nitrogen and oxygen atoms in total. The summed E-state index contributed by atoms with van der Waals surface area (Å²) in [6.45, 7) is 4.51. The number of ether oxygens (including phenoxy) is 1. The summed E-state index contributed by atoms with van der Waals surface area (Å²) in [4.78, 5) is 12.5. The Labute approximate surface area is 155 Å². The molecule has 0 radical (unpaired) electrons. The maximum Gasteiger partial charge on any atom is 0.253 e. The smallest absolute Gasteiger partial charge is 0.253 e. The second kappa shape index (κ2) is 7.93. The Morgan fingerprint density at radius 3 is 2.52 bits per heavy atom. The van der Waals surface area contributed by atoms with Crippen molar-refractivity contribution in [1.29, 1.82) is 0 Å². The molecular weight excluding hydrogens is 338 g/mol. The van der Waals surface area contributed by atoms with Crippen LogP contribution < -0.4 is 15.8 Å². The third-order valence-electron chi connectivity index (χ3n) is 4.73. The van der Waals surface area contributed by atoms with E-state index in [1.165, 1.54) is 12.8 Å². The molecule has 0 spiro atoms. The van der Waals surface area contributed by atoms with Gasteiger partial charge in [-0.2, -0.15) is 0 Å². The molecular formula is C19H26ClN3O2. The molecule has 1 fully saturated rings. The highest BCUT2D eigenvalue weighted by molar-refractivity contribution is 5.96. The molecule has 0 saturated heterocycles. The van der Waals surface area contributed by atoms with E-state index in [0.717, 1.165) is 22.8 Å². The molecule has 136 valence electrons. The Hall–Kier alpha value is -1.98. The van der Waals surface area contributed by atoms with E-state index < -0.39 is 0 Å². The number of carbonyl (C=O) groups is 1. The van der Waals surface area contributed by atoms with E-state index in [4.69, 9.17) is 10.5 Å².